The number of nitrogens with one attached hydrogen (secondary N) is 1. The third kappa shape index (κ3) is 3.97. The molecule has 8 heteroatoms. The lowest BCUT2D eigenvalue weighted by Gasteiger charge is -2.34. The van der Waals surface area contributed by atoms with Crippen molar-refractivity contribution in [2.24, 2.45) is 0 Å². The van der Waals surface area contributed by atoms with Gasteiger partial charge >= 0.3 is 0 Å². The summed E-state index contributed by atoms with van der Waals surface area (Å²) in [6, 6.07) is 8.74. The molecule has 1 N–H and O–H groups in total. The summed E-state index contributed by atoms with van der Waals surface area (Å²) < 4.78 is 42.1. The molecule has 1 aromatic carbocycles. The molecule has 4 rings (SSSR count). The van der Waals surface area contributed by atoms with Crippen LogP contribution in [0.3, 0.4) is 0 Å². The molecule has 1 atom stereocenters. The number of rotatable bonds is 7. The largest absolute Gasteiger partial charge is 0.291 e. The van der Waals surface area contributed by atoms with Gasteiger partial charge in [-0.15, -0.1) is 0 Å². The van der Waals surface area contributed by atoms with E-state index in [-0.39, 0.29) is 17.1 Å². The topological polar surface area (TPSA) is 67.2 Å². The van der Waals surface area contributed by atoms with Gasteiger partial charge in [0.15, 0.2) is 0 Å². The first-order chi connectivity index (χ1) is 12.5. The molecule has 0 spiro atoms. The molecule has 0 bridgehead atoms. The zero-order chi connectivity index (χ0) is 18.1. The Labute approximate surface area is 153 Å². The van der Waals surface area contributed by atoms with Crippen molar-refractivity contribution in [1.29, 1.82) is 0 Å². The van der Waals surface area contributed by atoms with E-state index in [4.69, 9.17) is 0 Å². The number of hydrogen-bond donors (Lipinski definition) is 1. The summed E-state index contributed by atoms with van der Waals surface area (Å²) >= 11 is 0. The average molecular weight is 378 g/mol. The SMILES string of the molecule is O=S(=O)(NCCC1CN(Cc2cccc(F)c2)Cc2ccnn21)C1CC1. The standard InChI is InChI=1S/C18H23FN4O2S/c19-15-3-1-2-14(10-15)11-22-12-16-6-8-20-23(16)17(13-22)7-9-21-26(24,25)18-4-5-18/h1-3,6,8,10,17-18,21H,4-5,7,9,11-13H2. The summed E-state index contributed by atoms with van der Waals surface area (Å²) in [6.07, 6.45) is 4.00. The highest BCUT2D eigenvalue weighted by atomic mass is 32.2. The van der Waals surface area contributed by atoms with Crippen LogP contribution in [0.4, 0.5) is 4.39 Å². The van der Waals surface area contributed by atoms with Gasteiger partial charge in [-0.3, -0.25) is 9.58 Å². The molecule has 140 valence electrons. The highest BCUT2D eigenvalue weighted by Gasteiger charge is 2.35. The van der Waals surface area contributed by atoms with E-state index in [1.165, 1.54) is 6.07 Å². The molecule has 0 radical (unpaired) electrons. The Morgan fingerprint density at radius 2 is 2.12 bits per heavy atom. The first-order valence-corrected chi connectivity index (χ1v) is 10.5. The predicted molar refractivity (Wildman–Crippen MR) is 96.3 cm³/mol. The molecule has 2 aliphatic rings. The average Bonchev–Trinajstić information content (AvgIpc) is 3.35. The maximum absolute atomic E-state index is 13.4. The van der Waals surface area contributed by atoms with E-state index in [0.29, 0.717) is 19.5 Å². The van der Waals surface area contributed by atoms with Crippen LogP contribution in [0.5, 0.6) is 0 Å². The molecule has 0 saturated heterocycles. The lowest BCUT2D eigenvalue weighted by atomic mass is 10.1. The third-order valence-corrected chi connectivity index (χ3v) is 6.95. The van der Waals surface area contributed by atoms with Crippen LogP contribution in [-0.2, 0) is 23.1 Å². The van der Waals surface area contributed by atoms with Crippen molar-refractivity contribution >= 4 is 10.0 Å². The lowest BCUT2D eigenvalue weighted by Crippen LogP contribution is -2.39. The molecular weight excluding hydrogens is 355 g/mol. The monoisotopic (exact) mass is 378 g/mol. The van der Waals surface area contributed by atoms with Gasteiger partial charge < -0.3 is 0 Å². The Morgan fingerprint density at radius 1 is 1.27 bits per heavy atom. The predicted octanol–water partition coefficient (Wildman–Crippen LogP) is 2.05. The van der Waals surface area contributed by atoms with E-state index in [2.05, 4.69) is 14.7 Å². The van der Waals surface area contributed by atoms with E-state index in [0.717, 1.165) is 37.2 Å². The highest BCUT2D eigenvalue weighted by Crippen LogP contribution is 2.28. The fraction of sp³-hybridized carbons (Fsp3) is 0.500. The smallest absolute Gasteiger partial charge is 0.214 e. The van der Waals surface area contributed by atoms with Gasteiger partial charge in [-0.25, -0.2) is 17.5 Å². The van der Waals surface area contributed by atoms with Crippen LogP contribution < -0.4 is 4.72 Å². The van der Waals surface area contributed by atoms with Crippen molar-refractivity contribution in [2.75, 3.05) is 13.1 Å². The maximum atomic E-state index is 13.4. The second kappa shape index (κ2) is 7.09. The normalized spacial score (nSPS) is 20.9. The zero-order valence-electron chi connectivity index (χ0n) is 14.5. The van der Waals surface area contributed by atoms with Crippen LogP contribution >= 0.6 is 0 Å². The van der Waals surface area contributed by atoms with Crippen molar-refractivity contribution in [3.63, 3.8) is 0 Å². The van der Waals surface area contributed by atoms with Gasteiger partial charge in [0.2, 0.25) is 10.0 Å². The Morgan fingerprint density at radius 3 is 2.88 bits per heavy atom. The quantitative estimate of drug-likeness (QED) is 0.801. The molecule has 1 aromatic heterocycles. The summed E-state index contributed by atoms with van der Waals surface area (Å²) in [6.45, 7) is 2.58. The van der Waals surface area contributed by atoms with Gasteiger partial charge in [-0.1, -0.05) is 12.1 Å². The van der Waals surface area contributed by atoms with E-state index in [9.17, 15) is 12.8 Å². The molecule has 1 aliphatic heterocycles. The highest BCUT2D eigenvalue weighted by molar-refractivity contribution is 7.90. The summed E-state index contributed by atoms with van der Waals surface area (Å²) in [5.41, 5.74) is 2.04. The first kappa shape index (κ1) is 17.6. The molecule has 1 saturated carbocycles. The fourth-order valence-electron chi connectivity index (χ4n) is 3.56. The molecule has 26 heavy (non-hydrogen) atoms. The Bertz CT molecular complexity index is 879. The lowest BCUT2D eigenvalue weighted by molar-refractivity contribution is 0.162. The molecule has 1 unspecified atom stereocenters. The van der Waals surface area contributed by atoms with Crippen LogP contribution in [0.15, 0.2) is 36.5 Å². The fourth-order valence-corrected chi connectivity index (χ4v) is 4.95. The summed E-state index contributed by atoms with van der Waals surface area (Å²) in [4.78, 5) is 2.26. The van der Waals surface area contributed by atoms with Gasteiger partial charge in [0.25, 0.3) is 0 Å². The zero-order valence-corrected chi connectivity index (χ0v) is 15.3. The van der Waals surface area contributed by atoms with Crippen molar-refractivity contribution in [3.05, 3.63) is 53.6 Å². The molecule has 1 aliphatic carbocycles. The van der Waals surface area contributed by atoms with Crippen LogP contribution in [0.2, 0.25) is 0 Å². The second-order valence-corrected chi connectivity index (χ2v) is 9.19. The number of aromatic nitrogens is 2. The van der Waals surface area contributed by atoms with Crippen LogP contribution in [-0.4, -0.2) is 41.4 Å². The summed E-state index contributed by atoms with van der Waals surface area (Å²) in [7, 11) is -3.15. The van der Waals surface area contributed by atoms with Gasteiger partial charge in [0.05, 0.1) is 17.0 Å². The minimum atomic E-state index is -3.15. The molecule has 6 nitrogen and oxygen atoms in total. The van der Waals surface area contributed by atoms with E-state index < -0.39 is 10.0 Å². The van der Waals surface area contributed by atoms with Crippen molar-refractivity contribution in [3.8, 4) is 0 Å². The first-order valence-electron chi connectivity index (χ1n) is 8.99. The Balaban J connectivity index is 1.41. The second-order valence-electron chi connectivity index (χ2n) is 7.15. The number of sulfonamides is 1. The molecule has 2 heterocycles. The molecular formula is C18H23FN4O2S. The number of halogens is 1. The van der Waals surface area contributed by atoms with Crippen LogP contribution in [0.25, 0.3) is 0 Å². The van der Waals surface area contributed by atoms with E-state index >= 15 is 0 Å². The van der Waals surface area contributed by atoms with E-state index in [1.807, 2.05) is 16.8 Å². The summed E-state index contributed by atoms with van der Waals surface area (Å²) in [5, 5.41) is 4.21. The summed E-state index contributed by atoms with van der Waals surface area (Å²) in [5.74, 6) is -0.226. The number of benzene rings is 1. The minimum absolute atomic E-state index is 0.101. The number of fused-ring (bicyclic) bond motifs is 1. The minimum Gasteiger partial charge on any atom is -0.291 e. The van der Waals surface area contributed by atoms with Gasteiger partial charge in [0.1, 0.15) is 5.82 Å². The van der Waals surface area contributed by atoms with Gasteiger partial charge in [-0.2, -0.15) is 5.10 Å². The van der Waals surface area contributed by atoms with Crippen molar-refractivity contribution < 1.29 is 12.8 Å². The van der Waals surface area contributed by atoms with Crippen molar-refractivity contribution in [1.82, 2.24) is 19.4 Å². The van der Waals surface area contributed by atoms with Crippen LogP contribution in [0.1, 0.15) is 36.6 Å². The molecule has 1 fully saturated rings. The van der Waals surface area contributed by atoms with Crippen LogP contribution in [0, 0.1) is 5.82 Å². The maximum Gasteiger partial charge on any atom is 0.214 e. The number of nitrogens with zero attached hydrogens (tertiary/aromatic N) is 3. The van der Waals surface area contributed by atoms with E-state index in [1.54, 1.807) is 18.3 Å². The molecule has 2 aromatic rings. The Kier molecular flexibility index (Phi) is 4.81. The van der Waals surface area contributed by atoms with Crippen molar-refractivity contribution in [2.45, 2.75) is 43.6 Å². The number of hydrogen-bond acceptors (Lipinski definition) is 4. The Hall–Kier alpha value is -1.77. The third-order valence-electron chi connectivity index (χ3n) is 4.99. The molecule has 0 amide bonds. The van der Waals surface area contributed by atoms with Gasteiger partial charge in [0, 0.05) is 32.4 Å². The van der Waals surface area contributed by atoms with Gasteiger partial charge in [-0.05, 0) is 43.0 Å².